The van der Waals surface area contributed by atoms with E-state index >= 15 is 0 Å². The van der Waals surface area contributed by atoms with Crippen molar-refractivity contribution in [1.29, 1.82) is 0 Å². The molecular formula is C17H19ClFNO. The van der Waals surface area contributed by atoms with Gasteiger partial charge in [-0.15, -0.1) is 0 Å². The molecule has 2 rings (SSSR count). The number of hydrogen-bond acceptors (Lipinski definition) is 2. The zero-order chi connectivity index (χ0) is 15.4. The van der Waals surface area contributed by atoms with Crippen LogP contribution >= 0.6 is 11.6 Å². The fraction of sp³-hybridized carbons (Fsp3) is 0.294. The second-order valence-corrected chi connectivity index (χ2v) is 5.38. The summed E-state index contributed by atoms with van der Waals surface area (Å²) in [6, 6.07) is 10.7. The zero-order valence-corrected chi connectivity index (χ0v) is 13.2. The molecule has 0 spiro atoms. The van der Waals surface area contributed by atoms with Gasteiger partial charge in [0.1, 0.15) is 11.6 Å². The fourth-order valence-corrected chi connectivity index (χ4v) is 2.61. The normalized spacial score (nSPS) is 12.2. The third kappa shape index (κ3) is 3.55. The number of likely N-dealkylation sites (N-methyl/N-ethyl adjacent to an activating group) is 1. The molecule has 0 aromatic heterocycles. The van der Waals surface area contributed by atoms with E-state index in [4.69, 9.17) is 16.3 Å². The quantitative estimate of drug-likeness (QED) is 0.889. The molecular weight excluding hydrogens is 289 g/mol. The maximum Gasteiger partial charge on any atom is 0.127 e. The van der Waals surface area contributed by atoms with Gasteiger partial charge in [-0.25, -0.2) is 4.39 Å². The zero-order valence-electron chi connectivity index (χ0n) is 12.4. The van der Waals surface area contributed by atoms with E-state index in [2.05, 4.69) is 5.32 Å². The number of rotatable bonds is 5. The molecule has 2 nitrogen and oxygen atoms in total. The molecule has 1 N–H and O–H groups in total. The van der Waals surface area contributed by atoms with Gasteiger partial charge in [-0.1, -0.05) is 29.8 Å². The Bertz CT molecular complexity index is 610. The van der Waals surface area contributed by atoms with Crippen LogP contribution in [-0.4, -0.2) is 14.2 Å². The van der Waals surface area contributed by atoms with E-state index in [1.165, 1.54) is 6.07 Å². The number of ether oxygens (including phenoxy) is 1. The summed E-state index contributed by atoms with van der Waals surface area (Å²) in [6.07, 6.45) is 0.480. The lowest BCUT2D eigenvalue weighted by Crippen LogP contribution is -2.19. The monoisotopic (exact) mass is 307 g/mol. The summed E-state index contributed by atoms with van der Waals surface area (Å²) >= 11 is 6.11. The molecule has 0 fully saturated rings. The predicted molar refractivity (Wildman–Crippen MR) is 84.6 cm³/mol. The summed E-state index contributed by atoms with van der Waals surface area (Å²) in [6.45, 7) is 1.99. The number of methoxy groups -OCH3 is 1. The van der Waals surface area contributed by atoms with Crippen LogP contribution in [0.15, 0.2) is 36.4 Å². The lowest BCUT2D eigenvalue weighted by molar-refractivity contribution is 0.410. The summed E-state index contributed by atoms with van der Waals surface area (Å²) in [5.74, 6) is 0.550. The minimum absolute atomic E-state index is 0.0334. The van der Waals surface area contributed by atoms with Gasteiger partial charge in [0.15, 0.2) is 0 Å². The average molecular weight is 308 g/mol. The fourth-order valence-electron chi connectivity index (χ4n) is 2.37. The lowest BCUT2D eigenvalue weighted by Gasteiger charge is -2.19. The summed E-state index contributed by atoms with van der Waals surface area (Å²) in [7, 11) is 3.50. The molecule has 0 aliphatic heterocycles. The number of hydrogen-bond donors (Lipinski definition) is 1. The smallest absolute Gasteiger partial charge is 0.127 e. The van der Waals surface area contributed by atoms with Gasteiger partial charge in [0, 0.05) is 16.6 Å². The van der Waals surface area contributed by atoms with E-state index in [9.17, 15) is 4.39 Å². The molecule has 1 atom stereocenters. The first-order valence-electron chi connectivity index (χ1n) is 6.81. The van der Waals surface area contributed by atoms with E-state index in [1.807, 2.05) is 32.2 Å². The van der Waals surface area contributed by atoms with E-state index in [0.29, 0.717) is 17.0 Å². The van der Waals surface area contributed by atoms with Crippen LogP contribution in [0.3, 0.4) is 0 Å². The Hall–Kier alpha value is -1.58. The van der Waals surface area contributed by atoms with Crippen molar-refractivity contribution in [1.82, 2.24) is 5.32 Å². The van der Waals surface area contributed by atoms with Crippen LogP contribution in [0.4, 0.5) is 4.39 Å². The van der Waals surface area contributed by atoms with Crippen LogP contribution in [0.25, 0.3) is 0 Å². The molecule has 2 aromatic rings. The van der Waals surface area contributed by atoms with Gasteiger partial charge in [0.25, 0.3) is 0 Å². The van der Waals surface area contributed by atoms with Crippen LogP contribution < -0.4 is 10.1 Å². The second-order valence-electron chi connectivity index (χ2n) is 4.97. The van der Waals surface area contributed by atoms with E-state index in [1.54, 1.807) is 19.2 Å². The average Bonchev–Trinajstić information content (AvgIpc) is 2.48. The Morgan fingerprint density at radius 2 is 2.05 bits per heavy atom. The Kier molecular flexibility index (Phi) is 5.21. The van der Waals surface area contributed by atoms with Gasteiger partial charge in [0.2, 0.25) is 0 Å². The maximum absolute atomic E-state index is 13.9. The van der Waals surface area contributed by atoms with Gasteiger partial charge in [-0.3, -0.25) is 0 Å². The molecule has 0 bridgehead atoms. The molecule has 0 heterocycles. The van der Waals surface area contributed by atoms with Gasteiger partial charge < -0.3 is 10.1 Å². The highest BCUT2D eigenvalue weighted by atomic mass is 35.5. The first-order valence-corrected chi connectivity index (χ1v) is 7.19. The first-order chi connectivity index (χ1) is 10.1. The topological polar surface area (TPSA) is 21.3 Å². The highest BCUT2D eigenvalue weighted by molar-refractivity contribution is 6.31. The Labute approximate surface area is 129 Å². The van der Waals surface area contributed by atoms with Gasteiger partial charge in [-0.2, -0.15) is 0 Å². The molecule has 1 unspecified atom stereocenters. The van der Waals surface area contributed by atoms with Crippen LogP contribution in [0.5, 0.6) is 5.75 Å². The molecule has 0 aliphatic rings. The summed E-state index contributed by atoms with van der Waals surface area (Å²) in [4.78, 5) is 0. The molecule has 0 amide bonds. The lowest BCUT2D eigenvalue weighted by atomic mass is 9.97. The molecule has 0 radical (unpaired) electrons. The molecule has 0 saturated heterocycles. The maximum atomic E-state index is 13.9. The minimum Gasteiger partial charge on any atom is -0.496 e. The van der Waals surface area contributed by atoms with Crippen LogP contribution in [0.1, 0.15) is 22.7 Å². The summed E-state index contributed by atoms with van der Waals surface area (Å²) in [5.41, 5.74) is 2.64. The van der Waals surface area contributed by atoms with Crippen molar-refractivity contribution in [3.63, 3.8) is 0 Å². The van der Waals surface area contributed by atoms with Crippen molar-refractivity contribution in [2.45, 2.75) is 19.4 Å². The van der Waals surface area contributed by atoms with E-state index < -0.39 is 0 Å². The standard InChI is InChI=1S/C17H19ClFNO/c1-11-7-8-12(9-17(11)21-3)16(20-2)10-13-14(18)5-4-6-15(13)19/h4-9,16,20H,10H2,1-3H3. The summed E-state index contributed by atoms with van der Waals surface area (Å²) in [5, 5.41) is 3.66. The third-order valence-electron chi connectivity index (χ3n) is 3.65. The van der Waals surface area contributed by atoms with Gasteiger partial charge in [-0.05, 0) is 49.7 Å². The number of aryl methyl sites for hydroxylation is 1. The largest absolute Gasteiger partial charge is 0.496 e. The summed E-state index contributed by atoms with van der Waals surface area (Å²) < 4.78 is 19.3. The SMILES string of the molecule is CNC(Cc1c(F)cccc1Cl)c1ccc(C)c(OC)c1. The highest BCUT2D eigenvalue weighted by Crippen LogP contribution is 2.28. The van der Waals surface area contributed by atoms with Crippen LogP contribution in [-0.2, 0) is 6.42 Å². The van der Waals surface area contributed by atoms with Crippen molar-refractivity contribution in [3.05, 3.63) is 63.9 Å². The van der Waals surface area contributed by atoms with E-state index in [0.717, 1.165) is 16.9 Å². The van der Waals surface area contributed by atoms with Crippen LogP contribution in [0.2, 0.25) is 5.02 Å². The van der Waals surface area contributed by atoms with Gasteiger partial charge in [0.05, 0.1) is 7.11 Å². The van der Waals surface area contributed by atoms with Crippen molar-refractivity contribution < 1.29 is 9.13 Å². The third-order valence-corrected chi connectivity index (χ3v) is 4.01. The first kappa shape index (κ1) is 15.8. The van der Waals surface area contributed by atoms with Crippen molar-refractivity contribution in [3.8, 4) is 5.75 Å². The Balaban J connectivity index is 2.32. The molecule has 112 valence electrons. The van der Waals surface area contributed by atoms with Crippen LogP contribution in [0, 0.1) is 12.7 Å². The molecule has 0 saturated carbocycles. The van der Waals surface area contributed by atoms with Gasteiger partial charge >= 0.3 is 0 Å². The molecule has 0 aliphatic carbocycles. The molecule has 4 heteroatoms. The molecule has 21 heavy (non-hydrogen) atoms. The van der Waals surface area contributed by atoms with Crippen molar-refractivity contribution >= 4 is 11.6 Å². The van der Waals surface area contributed by atoms with Crippen molar-refractivity contribution in [2.75, 3.05) is 14.2 Å². The van der Waals surface area contributed by atoms with E-state index in [-0.39, 0.29) is 11.9 Å². The predicted octanol–water partition coefficient (Wildman–Crippen LogP) is 4.30. The Morgan fingerprint density at radius 1 is 1.29 bits per heavy atom. The minimum atomic E-state index is -0.276. The van der Waals surface area contributed by atoms with Crippen molar-refractivity contribution in [2.24, 2.45) is 0 Å². The number of halogens is 2. The highest BCUT2D eigenvalue weighted by Gasteiger charge is 2.16. The molecule has 2 aromatic carbocycles. The second kappa shape index (κ2) is 6.92. The number of benzene rings is 2. The number of nitrogens with one attached hydrogen (secondary N) is 1. The Morgan fingerprint density at radius 3 is 2.67 bits per heavy atom.